The average molecular weight is 294 g/mol. The SMILES string of the molecule is CCC1CO1.CCCOCC(C)=O.Cc1ccc(C)cc1. The Kier molecular flexibility index (Phi) is 11.8. The molecule has 1 aromatic rings. The average Bonchev–Trinajstić information content (AvgIpc) is 3.28. The minimum Gasteiger partial charge on any atom is -0.374 e. The van der Waals surface area contributed by atoms with Crippen molar-refractivity contribution in [2.45, 2.75) is 53.6 Å². The summed E-state index contributed by atoms with van der Waals surface area (Å²) in [6.45, 7) is 11.8. The summed E-state index contributed by atoms with van der Waals surface area (Å²) in [7, 11) is 0. The van der Waals surface area contributed by atoms with E-state index in [1.807, 2.05) is 6.92 Å². The van der Waals surface area contributed by atoms with Crippen molar-refractivity contribution in [1.29, 1.82) is 0 Å². The summed E-state index contributed by atoms with van der Waals surface area (Å²) in [4.78, 5) is 10.2. The monoisotopic (exact) mass is 294 g/mol. The van der Waals surface area contributed by atoms with E-state index in [1.54, 1.807) is 0 Å². The molecule has 0 aliphatic carbocycles. The minimum atomic E-state index is 0.0958. The maximum absolute atomic E-state index is 10.2. The molecular weight excluding hydrogens is 264 g/mol. The summed E-state index contributed by atoms with van der Waals surface area (Å²) in [5.41, 5.74) is 2.66. The minimum absolute atomic E-state index is 0.0958. The van der Waals surface area contributed by atoms with Gasteiger partial charge in [0.25, 0.3) is 0 Å². The van der Waals surface area contributed by atoms with Crippen LogP contribution in [0.4, 0.5) is 0 Å². The van der Waals surface area contributed by atoms with Crippen LogP contribution in [0, 0.1) is 13.8 Å². The number of carbonyl (C=O) groups is 1. The molecule has 1 aromatic carbocycles. The summed E-state index contributed by atoms with van der Waals surface area (Å²) >= 11 is 0. The fourth-order valence-corrected chi connectivity index (χ4v) is 1.30. The van der Waals surface area contributed by atoms with Crippen LogP contribution in [0.1, 0.15) is 44.7 Å². The van der Waals surface area contributed by atoms with Gasteiger partial charge < -0.3 is 9.47 Å². The number of ketones is 1. The zero-order valence-electron chi connectivity index (χ0n) is 14.1. The van der Waals surface area contributed by atoms with Crippen molar-refractivity contribution in [3.8, 4) is 0 Å². The molecule has 1 atom stereocenters. The van der Waals surface area contributed by atoms with Crippen molar-refractivity contribution in [1.82, 2.24) is 0 Å². The standard InChI is InChI=1S/C8H10.C6H12O2.C4H8O/c1-7-3-5-8(2)6-4-7;1-3-4-8-5-6(2)7;1-2-4-3-5-4/h3-6H,1-2H3;3-5H2,1-2H3;4H,2-3H2,1H3. The molecule has 3 heteroatoms. The van der Waals surface area contributed by atoms with Crippen LogP contribution < -0.4 is 0 Å². The van der Waals surface area contributed by atoms with Gasteiger partial charge in [-0.3, -0.25) is 4.79 Å². The van der Waals surface area contributed by atoms with E-state index in [1.165, 1.54) is 24.5 Å². The van der Waals surface area contributed by atoms with Crippen molar-refractivity contribution in [3.05, 3.63) is 35.4 Å². The highest BCUT2D eigenvalue weighted by atomic mass is 16.6. The van der Waals surface area contributed by atoms with Gasteiger partial charge in [-0.1, -0.05) is 49.2 Å². The molecule has 0 amide bonds. The molecule has 1 aliphatic rings. The Labute approximate surface area is 129 Å². The van der Waals surface area contributed by atoms with Crippen LogP contribution in [0.3, 0.4) is 0 Å². The maximum atomic E-state index is 10.2. The summed E-state index contributed by atoms with van der Waals surface area (Å²) in [5.74, 6) is 0.0958. The van der Waals surface area contributed by atoms with E-state index in [0.29, 0.717) is 12.7 Å². The molecule has 1 unspecified atom stereocenters. The van der Waals surface area contributed by atoms with E-state index in [4.69, 9.17) is 9.47 Å². The van der Waals surface area contributed by atoms with Gasteiger partial charge in [0.1, 0.15) is 6.61 Å². The number of epoxide rings is 1. The number of aryl methyl sites for hydroxylation is 2. The quantitative estimate of drug-likeness (QED) is 0.606. The van der Waals surface area contributed by atoms with Gasteiger partial charge >= 0.3 is 0 Å². The topological polar surface area (TPSA) is 38.8 Å². The van der Waals surface area contributed by atoms with E-state index in [9.17, 15) is 4.79 Å². The lowest BCUT2D eigenvalue weighted by atomic mass is 10.2. The van der Waals surface area contributed by atoms with Gasteiger partial charge in [-0.2, -0.15) is 0 Å². The van der Waals surface area contributed by atoms with Crippen molar-refractivity contribution in [2.24, 2.45) is 0 Å². The second-order valence-corrected chi connectivity index (χ2v) is 5.27. The van der Waals surface area contributed by atoms with Gasteiger partial charge in [-0.25, -0.2) is 0 Å². The van der Waals surface area contributed by atoms with Crippen molar-refractivity contribution in [3.63, 3.8) is 0 Å². The van der Waals surface area contributed by atoms with E-state index in [0.717, 1.165) is 13.0 Å². The number of hydrogen-bond donors (Lipinski definition) is 0. The van der Waals surface area contributed by atoms with Crippen LogP contribution in [0.2, 0.25) is 0 Å². The molecule has 0 radical (unpaired) electrons. The number of ether oxygens (including phenoxy) is 2. The van der Waals surface area contributed by atoms with Gasteiger partial charge in [0.05, 0.1) is 12.7 Å². The van der Waals surface area contributed by atoms with Gasteiger partial charge in [0, 0.05) is 6.61 Å². The highest BCUT2D eigenvalue weighted by molar-refractivity contribution is 5.76. The summed E-state index contributed by atoms with van der Waals surface area (Å²) in [6.07, 6.45) is 2.81. The largest absolute Gasteiger partial charge is 0.374 e. The molecule has 0 bridgehead atoms. The molecule has 1 fully saturated rings. The lowest BCUT2D eigenvalue weighted by Gasteiger charge is -1.95. The third-order valence-electron chi connectivity index (χ3n) is 2.73. The number of benzene rings is 1. The van der Waals surface area contributed by atoms with Crippen LogP contribution >= 0.6 is 0 Å². The molecule has 0 N–H and O–H groups in total. The maximum Gasteiger partial charge on any atom is 0.155 e. The summed E-state index contributed by atoms with van der Waals surface area (Å²) in [5, 5.41) is 0. The number of Topliss-reactive ketones (excluding diaryl/α,β-unsaturated/α-hetero) is 1. The van der Waals surface area contributed by atoms with Crippen molar-refractivity contribution < 1.29 is 14.3 Å². The lowest BCUT2D eigenvalue weighted by molar-refractivity contribution is -0.121. The first-order chi connectivity index (χ1) is 9.99. The first-order valence-electron chi connectivity index (χ1n) is 7.71. The highest BCUT2D eigenvalue weighted by Gasteiger charge is 2.18. The Morgan fingerprint density at radius 1 is 1.19 bits per heavy atom. The predicted octanol–water partition coefficient (Wildman–Crippen LogP) is 4.10. The fourth-order valence-electron chi connectivity index (χ4n) is 1.30. The Morgan fingerprint density at radius 3 is 1.90 bits per heavy atom. The number of hydrogen-bond acceptors (Lipinski definition) is 3. The van der Waals surface area contributed by atoms with E-state index < -0.39 is 0 Å². The van der Waals surface area contributed by atoms with Gasteiger partial charge in [-0.05, 0) is 33.6 Å². The molecule has 1 heterocycles. The van der Waals surface area contributed by atoms with Crippen molar-refractivity contribution >= 4 is 5.78 Å². The molecular formula is C18H30O3. The molecule has 1 aliphatic heterocycles. The molecule has 0 spiro atoms. The number of carbonyl (C=O) groups excluding carboxylic acids is 1. The van der Waals surface area contributed by atoms with Crippen molar-refractivity contribution in [2.75, 3.05) is 19.8 Å². The molecule has 0 aromatic heterocycles. The molecule has 21 heavy (non-hydrogen) atoms. The first kappa shape index (κ1) is 19.8. The second kappa shape index (κ2) is 12.5. The summed E-state index contributed by atoms with van der Waals surface area (Å²) < 4.78 is 9.75. The fraction of sp³-hybridized carbons (Fsp3) is 0.611. The molecule has 3 nitrogen and oxygen atoms in total. The Balaban J connectivity index is 0.000000293. The van der Waals surface area contributed by atoms with E-state index in [2.05, 4.69) is 45.0 Å². The van der Waals surface area contributed by atoms with Gasteiger partial charge in [0.2, 0.25) is 0 Å². The van der Waals surface area contributed by atoms with Crippen LogP contribution in [-0.4, -0.2) is 31.7 Å². The molecule has 120 valence electrons. The molecule has 1 saturated heterocycles. The Bertz CT molecular complexity index is 346. The molecule has 0 saturated carbocycles. The van der Waals surface area contributed by atoms with Gasteiger partial charge in [-0.15, -0.1) is 0 Å². The van der Waals surface area contributed by atoms with E-state index >= 15 is 0 Å². The number of rotatable bonds is 5. The normalized spacial score (nSPS) is 15.2. The predicted molar refractivity (Wildman–Crippen MR) is 87.7 cm³/mol. The second-order valence-electron chi connectivity index (χ2n) is 5.27. The zero-order chi connectivity index (χ0) is 16.1. The zero-order valence-corrected chi connectivity index (χ0v) is 14.1. The molecule has 2 rings (SSSR count). The highest BCUT2D eigenvalue weighted by Crippen LogP contribution is 2.10. The van der Waals surface area contributed by atoms with Crippen LogP contribution in [-0.2, 0) is 14.3 Å². The smallest absolute Gasteiger partial charge is 0.155 e. The Hall–Kier alpha value is -1.19. The third-order valence-corrected chi connectivity index (χ3v) is 2.73. The first-order valence-corrected chi connectivity index (χ1v) is 7.71. The van der Waals surface area contributed by atoms with Crippen LogP contribution in [0.15, 0.2) is 24.3 Å². The third kappa shape index (κ3) is 15.0. The van der Waals surface area contributed by atoms with E-state index in [-0.39, 0.29) is 12.4 Å². The van der Waals surface area contributed by atoms with Gasteiger partial charge in [0.15, 0.2) is 5.78 Å². The van der Waals surface area contributed by atoms with Crippen LogP contribution in [0.5, 0.6) is 0 Å². The summed E-state index contributed by atoms with van der Waals surface area (Å²) in [6, 6.07) is 8.48. The lowest BCUT2D eigenvalue weighted by Crippen LogP contribution is -2.03. The Morgan fingerprint density at radius 2 is 1.67 bits per heavy atom. The van der Waals surface area contributed by atoms with Crippen LogP contribution in [0.25, 0.3) is 0 Å².